The Kier molecular flexibility index (Phi) is 5.93. The average molecular weight is 372 g/mol. The first kappa shape index (κ1) is 18.5. The van der Waals surface area contributed by atoms with Gasteiger partial charge in [-0.2, -0.15) is 11.3 Å². The average Bonchev–Trinajstić information content (AvgIpc) is 3.34. The van der Waals surface area contributed by atoms with Crippen LogP contribution in [0.2, 0.25) is 0 Å². The van der Waals surface area contributed by atoms with Crippen LogP contribution in [0.5, 0.6) is 5.75 Å². The van der Waals surface area contributed by atoms with Gasteiger partial charge in [-0.3, -0.25) is 9.59 Å². The van der Waals surface area contributed by atoms with E-state index in [0.717, 1.165) is 25.7 Å². The number of benzene rings is 1. The molecule has 138 valence electrons. The third-order valence-corrected chi connectivity index (χ3v) is 5.61. The molecular formula is C20H24N2O3S. The molecule has 0 saturated heterocycles. The van der Waals surface area contributed by atoms with E-state index in [-0.39, 0.29) is 5.41 Å². The van der Waals surface area contributed by atoms with Crippen LogP contribution in [0.25, 0.3) is 0 Å². The molecule has 3 rings (SSSR count). The molecule has 0 atom stereocenters. The summed E-state index contributed by atoms with van der Waals surface area (Å²) in [6, 6.07) is 9.23. The van der Waals surface area contributed by atoms with E-state index >= 15 is 0 Å². The molecule has 1 aromatic carbocycles. The summed E-state index contributed by atoms with van der Waals surface area (Å²) in [6.07, 6.45) is 4.39. The summed E-state index contributed by atoms with van der Waals surface area (Å²) in [7, 11) is 0. The fourth-order valence-electron chi connectivity index (χ4n) is 3.55. The normalized spacial score (nSPS) is 15.4. The summed E-state index contributed by atoms with van der Waals surface area (Å²) in [6.45, 7) is 2.85. The predicted octanol–water partition coefficient (Wildman–Crippen LogP) is 3.71. The Labute approximate surface area is 157 Å². The molecule has 2 aromatic rings. The van der Waals surface area contributed by atoms with Crippen molar-refractivity contribution in [3.63, 3.8) is 0 Å². The minimum atomic E-state index is -0.671. The van der Waals surface area contributed by atoms with Gasteiger partial charge in [0.15, 0.2) is 0 Å². The van der Waals surface area contributed by atoms with Crippen LogP contribution in [-0.4, -0.2) is 25.0 Å². The first-order valence-electron chi connectivity index (χ1n) is 8.98. The molecule has 6 heteroatoms. The largest absolute Gasteiger partial charge is 0.492 e. The van der Waals surface area contributed by atoms with Gasteiger partial charge in [0.25, 0.3) is 0 Å². The zero-order valence-electron chi connectivity index (χ0n) is 14.9. The van der Waals surface area contributed by atoms with Gasteiger partial charge in [0.2, 0.25) is 0 Å². The second-order valence-electron chi connectivity index (χ2n) is 6.57. The number of nitrogens with one attached hydrogen (secondary N) is 2. The molecule has 0 aliphatic heterocycles. The van der Waals surface area contributed by atoms with Crippen molar-refractivity contribution in [1.29, 1.82) is 0 Å². The number of rotatable bonds is 6. The summed E-state index contributed by atoms with van der Waals surface area (Å²) in [5, 5.41) is 9.69. The molecular weight excluding hydrogens is 348 g/mol. The molecule has 0 unspecified atom stereocenters. The monoisotopic (exact) mass is 372 g/mol. The van der Waals surface area contributed by atoms with E-state index < -0.39 is 11.8 Å². The molecule has 1 heterocycles. The number of carbonyl (C=O) groups excluding carboxylic acids is 2. The van der Waals surface area contributed by atoms with Gasteiger partial charge in [-0.15, -0.1) is 0 Å². The lowest BCUT2D eigenvalue weighted by atomic mass is 9.80. The van der Waals surface area contributed by atoms with E-state index in [2.05, 4.69) is 27.5 Å². The van der Waals surface area contributed by atoms with Gasteiger partial charge in [0.05, 0.1) is 12.3 Å². The highest BCUT2D eigenvalue weighted by molar-refractivity contribution is 7.08. The highest BCUT2D eigenvalue weighted by atomic mass is 32.1. The van der Waals surface area contributed by atoms with Crippen LogP contribution in [0.4, 0.5) is 5.69 Å². The molecule has 0 radical (unpaired) electrons. The van der Waals surface area contributed by atoms with Gasteiger partial charge in [-0.05, 0) is 54.3 Å². The number of ether oxygens (including phenoxy) is 1. The van der Waals surface area contributed by atoms with Gasteiger partial charge in [-0.25, -0.2) is 0 Å². The van der Waals surface area contributed by atoms with Crippen molar-refractivity contribution in [3.05, 3.63) is 46.7 Å². The fourth-order valence-corrected chi connectivity index (χ4v) is 4.32. The number of hydrogen-bond donors (Lipinski definition) is 2. The van der Waals surface area contributed by atoms with Crippen LogP contribution in [0.3, 0.4) is 0 Å². The molecule has 1 aromatic heterocycles. The van der Waals surface area contributed by atoms with E-state index in [4.69, 9.17) is 4.74 Å². The molecule has 1 saturated carbocycles. The van der Waals surface area contributed by atoms with Gasteiger partial charge >= 0.3 is 11.8 Å². The number of carbonyl (C=O) groups is 2. The number of amides is 2. The number of thiophene rings is 1. The van der Waals surface area contributed by atoms with Gasteiger partial charge in [0, 0.05) is 12.0 Å². The maximum absolute atomic E-state index is 12.3. The van der Waals surface area contributed by atoms with E-state index in [1.807, 2.05) is 13.0 Å². The quantitative estimate of drug-likeness (QED) is 0.760. The van der Waals surface area contributed by atoms with E-state index in [0.29, 0.717) is 24.6 Å². The predicted molar refractivity (Wildman–Crippen MR) is 104 cm³/mol. The Bertz CT molecular complexity index is 752. The van der Waals surface area contributed by atoms with Crippen molar-refractivity contribution in [2.75, 3.05) is 18.5 Å². The van der Waals surface area contributed by atoms with Crippen molar-refractivity contribution in [1.82, 2.24) is 5.32 Å². The Hall–Kier alpha value is -2.34. The molecule has 2 amide bonds. The number of para-hydroxylation sites is 2. The van der Waals surface area contributed by atoms with Crippen LogP contribution in [0, 0.1) is 0 Å². The van der Waals surface area contributed by atoms with Crippen molar-refractivity contribution >= 4 is 28.8 Å². The second kappa shape index (κ2) is 8.36. The van der Waals surface area contributed by atoms with Crippen LogP contribution in [0.1, 0.15) is 38.2 Å². The molecule has 1 aliphatic rings. The van der Waals surface area contributed by atoms with E-state index in [1.54, 1.807) is 29.5 Å². The fraction of sp³-hybridized carbons (Fsp3) is 0.400. The first-order valence-corrected chi connectivity index (χ1v) is 9.92. The Morgan fingerprint density at radius 3 is 2.62 bits per heavy atom. The second-order valence-corrected chi connectivity index (χ2v) is 7.35. The van der Waals surface area contributed by atoms with Gasteiger partial charge < -0.3 is 15.4 Å². The first-order chi connectivity index (χ1) is 12.6. The molecule has 1 fully saturated rings. The van der Waals surface area contributed by atoms with E-state index in [9.17, 15) is 9.59 Å². The lowest BCUT2D eigenvalue weighted by molar-refractivity contribution is -0.136. The Morgan fingerprint density at radius 1 is 1.15 bits per heavy atom. The highest BCUT2D eigenvalue weighted by Gasteiger charge is 2.36. The van der Waals surface area contributed by atoms with Gasteiger partial charge in [0.1, 0.15) is 5.75 Å². The van der Waals surface area contributed by atoms with Crippen LogP contribution >= 0.6 is 11.3 Å². The Balaban J connectivity index is 1.62. The Morgan fingerprint density at radius 2 is 1.92 bits per heavy atom. The third kappa shape index (κ3) is 4.07. The van der Waals surface area contributed by atoms with Crippen molar-refractivity contribution in [2.24, 2.45) is 0 Å². The molecule has 0 spiro atoms. The number of hydrogen-bond acceptors (Lipinski definition) is 4. The molecule has 26 heavy (non-hydrogen) atoms. The highest BCUT2D eigenvalue weighted by Crippen LogP contribution is 2.41. The maximum atomic E-state index is 12.3. The molecule has 2 N–H and O–H groups in total. The number of anilines is 1. The zero-order valence-corrected chi connectivity index (χ0v) is 15.7. The summed E-state index contributed by atoms with van der Waals surface area (Å²) in [5.41, 5.74) is 1.73. The summed E-state index contributed by atoms with van der Waals surface area (Å²) < 4.78 is 5.48. The topological polar surface area (TPSA) is 67.4 Å². The zero-order chi connectivity index (χ0) is 18.4. The molecule has 5 nitrogen and oxygen atoms in total. The van der Waals surface area contributed by atoms with Crippen molar-refractivity contribution < 1.29 is 14.3 Å². The van der Waals surface area contributed by atoms with E-state index in [1.165, 1.54) is 5.56 Å². The summed E-state index contributed by atoms with van der Waals surface area (Å²) >= 11 is 1.67. The van der Waals surface area contributed by atoms with Crippen molar-refractivity contribution in [2.45, 2.75) is 38.0 Å². The molecule has 0 bridgehead atoms. The summed E-state index contributed by atoms with van der Waals surface area (Å²) in [4.78, 5) is 24.6. The third-order valence-electron chi connectivity index (χ3n) is 4.92. The summed E-state index contributed by atoms with van der Waals surface area (Å²) in [5.74, 6) is -0.727. The van der Waals surface area contributed by atoms with Crippen LogP contribution in [-0.2, 0) is 15.0 Å². The maximum Gasteiger partial charge on any atom is 0.313 e. The van der Waals surface area contributed by atoms with Crippen molar-refractivity contribution in [3.8, 4) is 5.75 Å². The smallest absolute Gasteiger partial charge is 0.313 e. The molecule has 1 aliphatic carbocycles. The minimum absolute atomic E-state index is 0.0425. The van der Waals surface area contributed by atoms with Gasteiger partial charge in [-0.1, -0.05) is 25.0 Å². The minimum Gasteiger partial charge on any atom is -0.492 e. The van der Waals surface area contributed by atoms with Crippen LogP contribution < -0.4 is 15.4 Å². The standard InChI is InChI=1S/C20H24N2O3S/c1-2-25-17-8-4-3-7-16(17)22-19(24)18(23)21-14-20(10-5-6-11-20)15-9-12-26-13-15/h3-4,7-9,12-13H,2,5-6,10-11,14H2,1H3,(H,21,23)(H,22,24). The van der Waals surface area contributed by atoms with Crippen LogP contribution in [0.15, 0.2) is 41.1 Å². The lowest BCUT2D eigenvalue weighted by Crippen LogP contribution is -2.43. The lowest BCUT2D eigenvalue weighted by Gasteiger charge is -2.28. The SMILES string of the molecule is CCOc1ccccc1NC(=O)C(=O)NCC1(c2ccsc2)CCCC1.